The summed E-state index contributed by atoms with van der Waals surface area (Å²) in [5.74, 6) is 0.638. The zero-order valence-electron chi connectivity index (χ0n) is 13.3. The van der Waals surface area contributed by atoms with Crippen molar-refractivity contribution in [1.82, 2.24) is 20.0 Å². The molecule has 4 heterocycles. The summed E-state index contributed by atoms with van der Waals surface area (Å²) in [6.07, 6.45) is 3.13. The highest BCUT2D eigenvalue weighted by molar-refractivity contribution is 7.20. The van der Waals surface area contributed by atoms with Gasteiger partial charge in [-0.2, -0.15) is 0 Å². The van der Waals surface area contributed by atoms with E-state index in [4.69, 9.17) is 4.52 Å². The van der Waals surface area contributed by atoms with Crippen LogP contribution in [0.2, 0.25) is 0 Å². The number of aromatic nitrogens is 3. The summed E-state index contributed by atoms with van der Waals surface area (Å²) in [6, 6.07) is 1.77. The Labute approximate surface area is 141 Å². The number of aromatic amines is 1. The van der Waals surface area contributed by atoms with Gasteiger partial charge in [0.05, 0.1) is 28.3 Å². The third-order valence-electron chi connectivity index (χ3n) is 4.42. The van der Waals surface area contributed by atoms with Gasteiger partial charge in [0.15, 0.2) is 5.76 Å². The van der Waals surface area contributed by atoms with E-state index < -0.39 is 0 Å². The molecular formula is C16H16N4O3S. The number of nitrogens with one attached hydrogen (secondary N) is 1. The number of likely N-dealkylation sites (tertiary alicyclic amines) is 1. The van der Waals surface area contributed by atoms with Crippen molar-refractivity contribution in [3.8, 4) is 0 Å². The first-order valence-corrected chi connectivity index (χ1v) is 8.59. The van der Waals surface area contributed by atoms with Crippen molar-refractivity contribution in [3.63, 3.8) is 0 Å². The molecule has 0 saturated carbocycles. The summed E-state index contributed by atoms with van der Waals surface area (Å²) in [5, 5.41) is 4.42. The molecule has 8 heteroatoms. The van der Waals surface area contributed by atoms with Crippen molar-refractivity contribution >= 4 is 27.5 Å². The third-order valence-corrected chi connectivity index (χ3v) is 5.60. The molecule has 1 aliphatic rings. The second-order valence-electron chi connectivity index (χ2n) is 6.00. The molecule has 0 aromatic carbocycles. The summed E-state index contributed by atoms with van der Waals surface area (Å²) in [4.78, 5) is 34.8. The van der Waals surface area contributed by atoms with E-state index in [1.165, 1.54) is 17.7 Å². The Bertz CT molecular complexity index is 987. The van der Waals surface area contributed by atoms with Crippen molar-refractivity contribution < 1.29 is 9.32 Å². The van der Waals surface area contributed by atoms with Crippen molar-refractivity contribution in [1.29, 1.82) is 0 Å². The standard InChI is InChI=1S/C16H16N4O3S/c1-8-6-11(23-19-8)10-4-3-5-20(10)16(22)13-9(2)12-14(21)17-7-18-15(12)24-13/h6-7,10H,3-5H2,1-2H3,(H,17,18,21). The predicted molar refractivity (Wildman–Crippen MR) is 89.2 cm³/mol. The highest BCUT2D eigenvalue weighted by Crippen LogP contribution is 2.36. The number of nitrogens with zero attached hydrogens (tertiary/aromatic N) is 3. The first-order valence-electron chi connectivity index (χ1n) is 7.77. The van der Waals surface area contributed by atoms with Crippen LogP contribution >= 0.6 is 11.3 Å². The number of thiophene rings is 1. The molecule has 3 aromatic rings. The Kier molecular flexibility index (Phi) is 3.49. The van der Waals surface area contributed by atoms with Crippen LogP contribution in [0, 0.1) is 13.8 Å². The van der Waals surface area contributed by atoms with Gasteiger partial charge in [-0.05, 0) is 32.3 Å². The minimum absolute atomic E-state index is 0.0774. The number of hydrogen-bond acceptors (Lipinski definition) is 6. The first-order chi connectivity index (χ1) is 11.6. The fourth-order valence-corrected chi connectivity index (χ4v) is 4.36. The molecule has 1 aliphatic heterocycles. The molecule has 0 bridgehead atoms. The van der Waals surface area contributed by atoms with Crippen LogP contribution in [0.5, 0.6) is 0 Å². The molecular weight excluding hydrogens is 328 g/mol. The van der Waals surface area contributed by atoms with Gasteiger partial charge in [0.1, 0.15) is 4.83 Å². The van der Waals surface area contributed by atoms with E-state index >= 15 is 0 Å². The molecule has 1 unspecified atom stereocenters. The maximum atomic E-state index is 13.1. The maximum Gasteiger partial charge on any atom is 0.264 e. The van der Waals surface area contributed by atoms with Crippen LogP contribution in [0.1, 0.15) is 45.6 Å². The number of carbonyl (C=O) groups is 1. The van der Waals surface area contributed by atoms with Crippen molar-refractivity contribution in [2.45, 2.75) is 32.7 Å². The highest BCUT2D eigenvalue weighted by atomic mass is 32.1. The average molecular weight is 344 g/mol. The van der Waals surface area contributed by atoms with Gasteiger partial charge in [-0.1, -0.05) is 5.16 Å². The highest BCUT2D eigenvalue weighted by Gasteiger charge is 2.35. The molecule has 3 aromatic heterocycles. The lowest BCUT2D eigenvalue weighted by Crippen LogP contribution is -2.30. The summed E-state index contributed by atoms with van der Waals surface area (Å²) < 4.78 is 5.36. The topological polar surface area (TPSA) is 92.1 Å². The van der Waals surface area contributed by atoms with Gasteiger partial charge in [0.25, 0.3) is 11.5 Å². The minimum atomic E-state index is -0.211. The lowest BCUT2D eigenvalue weighted by Gasteiger charge is -2.22. The molecule has 1 amide bonds. The number of hydrogen-bond donors (Lipinski definition) is 1. The molecule has 1 fully saturated rings. The summed E-state index contributed by atoms with van der Waals surface area (Å²) in [6.45, 7) is 4.33. The predicted octanol–water partition coefficient (Wildman–Crippen LogP) is 2.57. The van der Waals surface area contributed by atoms with E-state index in [1.807, 2.05) is 17.9 Å². The molecule has 0 spiro atoms. The molecule has 0 aliphatic carbocycles. The quantitative estimate of drug-likeness (QED) is 0.771. The second kappa shape index (κ2) is 5.55. The maximum absolute atomic E-state index is 13.1. The van der Waals surface area contributed by atoms with E-state index in [-0.39, 0.29) is 17.5 Å². The fraction of sp³-hybridized carbons (Fsp3) is 0.375. The van der Waals surface area contributed by atoms with Gasteiger partial charge in [0, 0.05) is 12.6 Å². The van der Waals surface area contributed by atoms with Crippen molar-refractivity contribution in [2.24, 2.45) is 0 Å². The monoisotopic (exact) mass is 344 g/mol. The molecule has 4 rings (SSSR count). The molecule has 0 radical (unpaired) electrons. The van der Waals surface area contributed by atoms with E-state index in [0.29, 0.717) is 33.0 Å². The van der Waals surface area contributed by atoms with Gasteiger partial charge >= 0.3 is 0 Å². The number of amides is 1. The number of aryl methyl sites for hydroxylation is 2. The summed E-state index contributed by atoms with van der Waals surface area (Å²) in [7, 11) is 0. The molecule has 1 N–H and O–H groups in total. The number of carbonyl (C=O) groups excluding carboxylic acids is 1. The van der Waals surface area contributed by atoms with E-state index in [1.54, 1.807) is 6.92 Å². The molecule has 124 valence electrons. The Balaban J connectivity index is 1.74. The van der Waals surface area contributed by atoms with Crippen LogP contribution < -0.4 is 5.56 Å². The smallest absolute Gasteiger partial charge is 0.264 e. The van der Waals surface area contributed by atoms with Crippen LogP contribution in [0.25, 0.3) is 10.2 Å². The van der Waals surface area contributed by atoms with Crippen LogP contribution in [-0.4, -0.2) is 32.5 Å². The first kappa shape index (κ1) is 15.1. The minimum Gasteiger partial charge on any atom is -0.359 e. The number of fused-ring (bicyclic) bond motifs is 1. The Morgan fingerprint density at radius 1 is 1.46 bits per heavy atom. The fourth-order valence-electron chi connectivity index (χ4n) is 3.26. The van der Waals surface area contributed by atoms with E-state index in [0.717, 1.165) is 18.5 Å². The van der Waals surface area contributed by atoms with Crippen molar-refractivity contribution in [2.75, 3.05) is 6.54 Å². The molecule has 7 nitrogen and oxygen atoms in total. The molecule has 24 heavy (non-hydrogen) atoms. The van der Waals surface area contributed by atoms with Gasteiger partial charge in [-0.25, -0.2) is 4.98 Å². The second-order valence-corrected chi connectivity index (χ2v) is 6.99. The summed E-state index contributed by atoms with van der Waals surface area (Å²) in [5.41, 5.74) is 1.28. The normalized spacial score (nSPS) is 17.8. The molecule has 1 saturated heterocycles. The number of rotatable bonds is 2. The third kappa shape index (κ3) is 2.25. The van der Waals surface area contributed by atoms with Gasteiger partial charge < -0.3 is 14.4 Å². The van der Waals surface area contributed by atoms with Crippen LogP contribution in [0.3, 0.4) is 0 Å². The zero-order valence-corrected chi connectivity index (χ0v) is 14.1. The van der Waals surface area contributed by atoms with Crippen LogP contribution in [-0.2, 0) is 0 Å². The van der Waals surface area contributed by atoms with Gasteiger partial charge in [0.2, 0.25) is 0 Å². The van der Waals surface area contributed by atoms with Crippen LogP contribution in [0.15, 0.2) is 21.7 Å². The Morgan fingerprint density at radius 2 is 2.29 bits per heavy atom. The lowest BCUT2D eigenvalue weighted by molar-refractivity contribution is 0.0719. The van der Waals surface area contributed by atoms with E-state index in [9.17, 15) is 9.59 Å². The Hall–Kier alpha value is -2.48. The SMILES string of the molecule is Cc1cc(C2CCCN2C(=O)c2sc3nc[nH]c(=O)c3c2C)on1. The number of H-pyrrole nitrogens is 1. The largest absolute Gasteiger partial charge is 0.359 e. The Morgan fingerprint density at radius 3 is 3.00 bits per heavy atom. The molecule has 1 atom stereocenters. The summed E-state index contributed by atoms with van der Waals surface area (Å²) >= 11 is 1.27. The average Bonchev–Trinajstić information content (AvgIpc) is 3.25. The lowest BCUT2D eigenvalue weighted by atomic mass is 10.1. The van der Waals surface area contributed by atoms with E-state index in [2.05, 4.69) is 15.1 Å². The van der Waals surface area contributed by atoms with Gasteiger partial charge in [-0.15, -0.1) is 11.3 Å². The zero-order chi connectivity index (χ0) is 16.8. The van der Waals surface area contributed by atoms with Gasteiger partial charge in [-0.3, -0.25) is 9.59 Å². The van der Waals surface area contributed by atoms with Crippen molar-refractivity contribution in [3.05, 3.63) is 44.6 Å². The van der Waals surface area contributed by atoms with Crippen LogP contribution in [0.4, 0.5) is 0 Å².